The van der Waals surface area contributed by atoms with E-state index < -0.39 is 27.2 Å². The fourth-order valence-corrected chi connectivity index (χ4v) is 4.26. The standard InChI is InChI=1S/C20H20ClFN4O4S/c1-2-9-31(29,30)26-15-6-4-13(21)18(19(15)22)20(28)12-3-5-14-16(10-12)25-17(11-24-14)23-7-8-27/h3-6,10-11,26-27H,2,7-9H2,1H3,(H,23,25). The largest absolute Gasteiger partial charge is 0.395 e. The van der Waals surface area contributed by atoms with Crippen molar-refractivity contribution in [3.63, 3.8) is 0 Å². The first kappa shape index (κ1) is 22.9. The van der Waals surface area contributed by atoms with Crippen molar-refractivity contribution < 1.29 is 22.7 Å². The number of hydrogen-bond donors (Lipinski definition) is 3. The van der Waals surface area contributed by atoms with Crippen molar-refractivity contribution >= 4 is 49.9 Å². The summed E-state index contributed by atoms with van der Waals surface area (Å²) in [5.41, 5.74) is 0.205. The zero-order valence-corrected chi connectivity index (χ0v) is 18.1. The maximum absolute atomic E-state index is 15.1. The molecule has 3 aromatic rings. The highest BCUT2D eigenvalue weighted by molar-refractivity contribution is 7.92. The Bertz CT molecular complexity index is 1240. The monoisotopic (exact) mass is 466 g/mol. The second kappa shape index (κ2) is 9.54. The normalized spacial score (nSPS) is 11.5. The summed E-state index contributed by atoms with van der Waals surface area (Å²) in [6.45, 7) is 1.87. The van der Waals surface area contributed by atoms with E-state index in [1.54, 1.807) is 13.0 Å². The second-order valence-electron chi connectivity index (χ2n) is 6.64. The van der Waals surface area contributed by atoms with Crippen molar-refractivity contribution in [1.29, 1.82) is 0 Å². The van der Waals surface area contributed by atoms with Gasteiger partial charge < -0.3 is 10.4 Å². The molecule has 0 aliphatic carbocycles. The molecule has 1 heterocycles. The first-order valence-electron chi connectivity index (χ1n) is 9.40. The Morgan fingerprint density at radius 2 is 2.00 bits per heavy atom. The smallest absolute Gasteiger partial charge is 0.232 e. The van der Waals surface area contributed by atoms with Gasteiger partial charge in [0.05, 0.1) is 45.9 Å². The second-order valence-corrected chi connectivity index (χ2v) is 8.89. The Balaban J connectivity index is 2.00. The lowest BCUT2D eigenvalue weighted by Gasteiger charge is -2.12. The molecule has 0 aliphatic rings. The van der Waals surface area contributed by atoms with Gasteiger partial charge >= 0.3 is 0 Å². The van der Waals surface area contributed by atoms with Crippen molar-refractivity contribution in [2.24, 2.45) is 0 Å². The van der Waals surface area contributed by atoms with Gasteiger partial charge in [0.2, 0.25) is 10.0 Å². The van der Waals surface area contributed by atoms with Crippen LogP contribution in [0.3, 0.4) is 0 Å². The first-order valence-corrected chi connectivity index (χ1v) is 11.4. The number of fused-ring (bicyclic) bond motifs is 1. The first-order chi connectivity index (χ1) is 14.8. The Morgan fingerprint density at radius 3 is 2.71 bits per heavy atom. The van der Waals surface area contributed by atoms with E-state index in [4.69, 9.17) is 16.7 Å². The molecule has 0 saturated heterocycles. The van der Waals surface area contributed by atoms with Gasteiger partial charge in [-0.25, -0.2) is 17.8 Å². The number of carbonyl (C=O) groups is 1. The third-order valence-corrected chi connectivity index (χ3v) is 6.07. The summed E-state index contributed by atoms with van der Waals surface area (Å²) in [7, 11) is -3.76. The van der Waals surface area contributed by atoms with Crippen LogP contribution in [0.2, 0.25) is 5.02 Å². The number of rotatable bonds is 9. The van der Waals surface area contributed by atoms with Crippen molar-refractivity contribution in [3.8, 4) is 0 Å². The van der Waals surface area contributed by atoms with Crippen LogP contribution in [0.15, 0.2) is 36.5 Å². The Morgan fingerprint density at radius 1 is 1.23 bits per heavy atom. The number of anilines is 2. The number of ketones is 1. The van der Waals surface area contributed by atoms with Crippen LogP contribution in [-0.2, 0) is 10.0 Å². The van der Waals surface area contributed by atoms with Gasteiger partial charge in [-0.2, -0.15) is 0 Å². The minimum absolute atomic E-state index is 0.0889. The molecule has 3 rings (SSSR count). The Labute approximate surface area is 183 Å². The van der Waals surface area contributed by atoms with E-state index in [2.05, 4.69) is 20.0 Å². The molecule has 0 saturated carbocycles. The molecule has 2 aromatic carbocycles. The SMILES string of the molecule is CCCS(=O)(=O)Nc1ccc(Cl)c(C(=O)c2ccc3ncc(NCCO)nc3c2)c1F. The number of nitrogens with one attached hydrogen (secondary N) is 2. The van der Waals surface area contributed by atoms with Gasteiger partial charge in [-0.05, 0) is 36.8 Å². The van der Waals surface area contributed by atoms with E-state index in [1.807, 2.05) is 0 Å². The Kier molecular flexibility index (Phi) is 7.04. The van der Waals surface area contributed by atoms with Crippen LogP contribution in [0.5, 0.6) is 0 Å². The highest BCUT2D eigenvalue weighted by Gasteiger charge is 2.23. The molecule has 0 amide bonds. The average molecular weight is 467 g/mol. The van der Waals surface area contributed by atoms with E-state index >= 15 is 4.39 Å². The van der Waals surface area contributed by atoms with E-state index in [1.165, 1.54) is 30.5 Å². The molecule has 0 bridgehead atoms. The number of hydrogen-bond acceptors (Lipinski definition) is 7. The summed E-state index contributed by atoms with van der Waals surface area (Å²) in [5.74, 6) is -1.56. The fourth-order valence-electron chi connectivity index (χ4n) is 2.89. The molecular formula is C20H20ClFN4O4S. The molecule has 0 radical (unpaired) electrons. The maximum atomic E-state index is 15.1. The van der Waals surface area contributed by atoms with E-state index in [-0.39, 0.29) is 35.2 Å². The van der Waals surface area contributed by atoms with Crippen molar-refractivity contribution in [3.05, 3.63) is 58.5 Å². The molecule has 31 heavy (non-hydrogen) atoms. The molecule has 0 spiro atoms. The number of halogens is 2. The molecular weight excluding hydrogens is 447 g/mol. The van der Waals surface area contributed by atoms with Crippen LogP contribution in [0.4, 0.5) is 15.9 Å². The van der Waals surface area contributed by atoms with Crippen LogP contribution in [0.1, 0.15) is 29.3 Å². The molecule has 0 unspecified atom stereocenters. The van der Waals surface area contributed by atoms with Gasteiger partial charge in [-0.1, -0.05) is 18.5 Å². The van der Waals surface area contributed by atoms with Gasteiger partial charge in [-0.15, -0.1) is 0 Å². The highest BCUT2D eigenvalue weighted by Crippen LogP contribution is 2.29. The number of sulfonamides is 1. The summed E-state index contributed by atoms with van der Waals surface area (Å²) in [6.07, 6.45) is 1.84. The van der Waals surface area contributed by atoms with E-state index in [0.29, 0.717) is 23.3 Å². The van der Waals surface area contributed by atoms with Gasteiger partial charge in [0.25, 0.3) is 0 Å². The van der Waals surface area contributed by atoms with E-state index in [9.17, 15) is 13.2 Å². The lowest BCUT2D eigenvalue weighted by molar-refractivity contribution is 0.103. The maximum Gasteiger partial charge on any atom is 0.232 e. The van der Waals surface area contributed by atoms with E-state index in [0.717, 1.165) is 0 Å². The minimum atomic E-state index is -3.76. The van der Waals surface area contributed by atoms with Crippen molar-refractivity contribution in [2.45, 2.75) is 13.3 Å². The van der Waals surface area contributed by atoms with Gasteiger partial charge in [-0.3, -0.25) is 14.5 Å². The topological polar surface area (TPSA) is 121 Å². The minimum Gasteiger partial charge on any atom is -0.395 e. The summed E-state index contributed by atoms with van der Waals surface area (Å²) in [6, 6.07) is 6.90. The molecule has 3 N–H and O–H groups in total. The molecule has 0 atom stereocenters. The number of benzene rings is 2. The number of carbonyl (C=O) groups excluding carboxylic acids is 1. The number of aliphatic hydroxyl groups excluding tert-OH is 1. The zero-order valence-electron chi connectivity index (χ0n) is 16.5. The highest BCUT2D eigenvalue weighted by atomic mass is 35.5. The number of nitrogens with zero attached hydrogens (tertiary/aromatic N) is 2. The van der Waals surface area contributed by atoms with Gasteiger partial charge in [0.15, 0.2) is 11.6 Å². The van der Waals surface area contributed by atoms with Crippen LogP contribution < -0.4 is 10.0 Å². The Hall–Kier alpha value is -2.82. The summed E-state index contributed by atoms with van der Waals surface area (Å²) in [4.78, 5) is 21.6. The summed E-state index contributed by atoms with van der Waals surface area (Å²) < 4.78 is 41.2. The molecule has 8 nitrogen and oxygen atoms in total. The molecule has 1 aromatic heterocycles. The van der Waals surface area contributed by atoms with Crippen LogP contribution in [0, 0.1) is 5.82 Å². The third kappa shape index (κ3) is 5.27. The molecule has 0 aliphatic heterocycles. The predicted molar refractivity (Wildman–Crippen MR) is 118 cm³/mol. The van der Waals surface area contributed by atoms with Crippen molar-refractivity contribution in [2.75, 3.05) is 28.9 Å². The fraction of sp³-hybridized carbons (Fsp3) is 0.250. The molecule has 11 heteroatoms. The molecule has 0 fully saturated rings. The van der Waals surface area contributed by atoms with Gasteiger partial charge in [0, 0.05) is 12.1 Å². The zero-order chi connectivity index (χ0) is 22.6. The lowest BCUT2D eigenvalue weighted by Crippen LogP contribution is -2.18. The lowest BCUT2D eigenvalue weighted by atomic mass is 10.0. The summed E-state index contributed by atoms with van der Waals surface area (Å²) >= 11 is 6.08. The quantitative estimate of drug-likeness (QED) is 0.414. The molecule has 164 valence electrons. The van der Waals surface area contributed by atoms with Crippen LogP contribution >= 0.6 is 11.6 Å². The van der Waals surface area contributed by atoms with Gasteiger partial charge in [0.1, 0.15) is 5.82 Å². The average Bonchev–Trinajstić information content (AvgIpc) is 2.73. The third-order valence-electron chi connectivity index (χ3n) is 4.28. The number of aliphatic hydroxyl groups is 1. The van der Waals surface area contributed by atoms with Crippen LogP contribution in [0.25, 0.3) is 11.0 Å². The predicted octanol–water partition coefficient (Wildman–Crippen LogP) is 3.21. The van der Waals surface area contributed by atoms with Crippen LogP contribution in [-0.4, -0.2) is 48.2 Å². The van der Waals surface area contributed by atoms with Crippen molar-refractivity contribution in [1.82, 2.24) is 9.97 Å². The number of aromatic nitrogens is 2. The summed E-state index contributed by atoms with van der Waals surface area (Å²) in [5, 5.41) is 11.6.